The van der Waals surface area contributed by atoms with E-state index in [4.69, 9.17) is 5.11 Å². The topological polar surface area (TPSA) is 77.4 Å². The first-order valence-electron chi connectivity index (χ1n) is 4.95. The van der Waals surface area contributed by atoms with Gasteiger partial charge in [0.1, 0.15) is 0 Å². The monoisotopic (exact) mass is 239 g/mol. The second kappa shape index (κ2) is 6.00. The van der Waals surface area contributed by atoms with Crippen LogP contribution in [-0.2, 0) is 0 Å². The van der Waals surface area contributed by atoms with E-state index in [0.717, 1.165) is 10.5 Å². The van der Waals surface area contributed by atoms with Crippen molar-refractivity contribution in [1.82, 2.24) is 0 Å². The van der Waals surface area contributed by atoms with E-state index in [-0.39, 0.29) is 11.1 Å². The Balaban J connectivity index is 0.000000437. The summed E-state index contributed by atoms with van der Waals surface area (Å²) in [5, 5.41) is 18.7. The Bertz CT molecular complexity index is 372. The molecule has 0 radical (unpaired) electrons. The molecular formula is C12H17NO4. The van der Waals surface area contributed by atoms with Gasteiger partial charge in [0, 0.05) is 0 Å². The molecule has 17 heavy (non-hydrogen) atoms. The van der Waals surface area contributed by atoms with Gasteiger partial charge >= 0.3 is 5.97 Å². The predicted molar refractivity (Wildman–Crippen MR) is 61.7 cm³/mol. The molecule has 0 saturated heterocycles. The van der Waals surface area contributed by atoms with E-state index in [1.165, 1.54) is 18.2 Å². The second-order valence-corrected chi connectivity index (χ2v) is 4.86. The van der Waals surface area contributed by atoms with Crippen LogP contribution in [0.15, 0.2) is 24.3 Å². The Morgan fingerprint density at radius 2 is 1.53 bits per heavy atom. The summed E-state index contributed by atoms with van der Waals surface area (Å²) in [4.78, 5) is 20.6. The van der Waals surface area contributed by atoms with Gasteiger partial charge in [-0.15, -0.1) is 0 Å². The van der Waals surface area contributed by atoms with E-state index in [0.29, 0.717) is 0 Å². The third-order valence-corrected chi connectivity index (χ3v) is 1.35. The standard InChI is InChI=1S/C8H6O4.C4H12N/c9-7(10)5-2-1-3-6(4-5)8(11)12;1-5(2,3)4/h1-4H,(H,9,10)(H,11,12);1-4H3/q;+1/p-1. The van der Waals surface area contributed by atoms with Gasteiger partial charge in [0.2, 0.25) is 0 Å². The van der Waals surface area contributed by atoms with Gasteiger partial charge in [-0.05, 0) is 17.7 Å². The third kappa shape index (κ3) is 7.98. The fourth-order valence-electron chi connectivity index (χ4n) is 0.779. The van der Waals surface area contributed by atoms with Gasteiger partial charge in [0.25, 0.3) is 0 Å². The Labute approximate surface area is 101 Å². The molecule has 0 heterocycles. The highest BCUT2D eigenvalue weighted by molar-refractivity contribution is 5.92. The largest absolute Gasteiger partial charge is 0.545 e. The highest BCUT2D eigenvalue weighted by Crippen LogP contribution is 2.03. The number of carbonyl (C=O) groups excluding carboxylic acids is 1. The Morgan fingerprint density at radius 1 is 1.12 bits per heavy atom. The molecule has 1 N–H and O–H groups in total. The van der Waals surface area contributed by atoms with Crippen LogP contribution in [0.3, 0.4) is 0 Å². The smallest absolute Gasteiger partial charge is 0.335 e. The number of carboxylic acids is 2. The number of aromatic carboxylic acids is 2. The Kier molecular flexibility index (Phi) is 5.34. The molecule has 0 atom stereocenters. The number of hydrogen-bond acceptors (Lipinski definition) is 3. The van der Waals surface area contributed by atoms with Crippen molar-refractivity contribution in [1.29, 1.82) is 0 Å². The van der Waals surface area contributed by atoms with Crippen molar-refractivity contribution in [3.63, 3.8) is 0 Å². The number of nitrogens with zero attached hydrogens (tertiary/aromatic N) is 1. The van der Waals surface area contributed by atoms with Crippen molar-refractivity contribution in [3.05, 3.63) is 35.4 Å². The normalized spacial score (nSPS) is 10.1. The van der Waals surface area contributed by atoms with Crippen LogP contribution in [0.1, 0.15) is 20.7 Å². The Hall–Kier alpha value is -1.88. The van der Waals surface area contributed by atoms with Gasteiger partial charge in [-0.1, -0.05) is 12.1 Å². The molecule has 0 aliphatic rings. The summed E-state index contributed by atoms with van der Waals surface area (Å²) in [6.45, 7) is 0. The molecule has 0 aliphatic heterocycles. The van der Waals surface area contributed by atoms with Gasteiger partial charge < -0.3 is 19.5 Å². The molecule has 1 rings (SSSR count). The molecule has 0 fully saturated rings. The summed E-state index contributed by atoms with van der Waals surface area (Å²) in [6, 6.07) is 5.00. The van der Waals surface area contributed by atoms with E-state index in [1.54, 1.807) is 0 Å². The second-order valence-electron chi connectivity index (χ2n) is 4.86. The molecule has 1 aromatic rings. The summed E-state index contributed by atoms with van der Waals surface area (Å²) >= 11 is 0. The molecule has 94 valence electrons. The first kappa shape index (κ1) is 15.1. The van der Waals surface area contributed by atoms with Crippen LogP contribution in [0.4, 0.5) is 0 Å². The van der Waals surface area contributed by atoms with Crippen molar-refractivity contribution in [2.75, 3.05) is 28.2 Å². The highest BCUT2D eigenvalue weighted by Gasteiger charge is 2.02. The molecule has 5 nitrogen and oxygen atoms in total. The minimum Gasteiger partial charge on any atom is -0.545 e. The maximum absolute atomic E-state index is 10.4. The zero-order chi connectivity index (χ0) is 13.6. The summed E-state index contributed by atoms with van der Waals surface area (Å²) < 4.78 is 1.00. The van der Waals surface area contributed by atoms with E-state index in [2.05, 4.69) is 28.2 Å². The molecule has 0 bridgehead atoms. The van der Waals surface area contributed by atoms with Crippen LogP contribution in [0.25, 0.3) is 0 Å². The molecule has 0 aromatic heterocycles. The van der Waals surface area contributed by atoms with Crippen molar-refractivity contribution >= 4 is 11.9 Å². The van der Waals surface area contributed by atoms with Crippen molar-refractivity contribution in [2.45, 2.75) is 0 Å². The molecule has 1 aromatic carbocycles. The lowest BCUT2D eigenvalue weighted by Crippen LogP contribution is -2.27. The van der Waals surface area contributed by atoms with E-state index < -0.39 is 11.9 Å². The number of carboxylic acid groups (broad SMARTS) is 2. The van der Waals surface area contributed by atoms with Gasteiger partial charge in [0.05, 0.1) is 39.7 Å². The summed E-state index contributed by atoms with van der Waals surface area (Å²) in [6.07, 6.45) is 0. The minimum absolute atomic E-state index is 0.0586. The number of hydrogen-bond donors (Lipinski definition) is 1. The number of quaternary nitrogens is 1. The molecule has 0 spiro atoms. The summed E-state index contributed by atoms with van der Waals surface area (Å²) in [7, 11) is 8.50. The van der Waals surface area contributed by atoms with Crippen LogP contribution in [0.2, 0.25) is 0 Å². The van der Waals surface area contributed by atoms with Gasteiger partial charge in [-0.3, -0.25) is 0 Å². The lowest BCUT2D eigenvalue weighted by molar-refractivity contribution is -0.849. The lowest BCUT2D eigenvalue weighted by Gasteiger charge is -2.14. The molecular weight excluding hydrogens is 222 g/mol. The van der Waals surface area contributed by atoms with Crippen LogP contribution in [0.5, 0.6) is 0 Å². The molecule has 0 unspecified atom stereocenters. The predicted octanol–water partition coefficient (Wildman–Crippen LogP) is 0.0707. The average molecular weight is 239 g/mol. The first-order chi connectivity index (χ1) is 7.61. The summed E-state index contributed by atoms with van der Waals surface area (Å²) in [5.41, 5.74) is -0.188. The van der Waals surface area contributed by atoms with Crippen molar-refractivity contribution in [2.24, 2.45) is 0 Å². The Morgan fingerprint density at radius 3 is 1.88 bits per heavy atom. The molecule has 0 amide bonds. The maximum atomic E-state index is 10.4. The fourth-order valence-corrected chi connectivity index (χ4v) is 0.779. The number of benzene rings is 1. The zero-order valence-corrected chi connectivity index (χ0v) is 10.4. The quantitative estimate of drug-likeness (QED) is 0.741. The van der Waals surface area contributed by atoms with Crippen molar-refractivity contribution in [3.8, 4) is 0 Å². The van der Waals surface area contributed by atoms with Crippen LogP contribution < -0.4 is 5.11 Å². The first-order valence-corrected chi connectivity index (χ1v) is 4.95. The highest BCUT2D eigenvalue weighted by atomic mass is 16.4. The van der Waals surface area contributed by atoms with Crippen LogP contribution in [-0.4, -0.2) is 49.7 Å². The molecule has 5 heteroatoms. The maximum Gasteiger partial charge on any atom is 0.335 e. The third-order valence-electron chi connectivity index (χ3n) is 1.35. The van der Waals surface area contributed by atoms with Gasteiger partial charge in [-0.2, -0.15) is 0 Å². The molecule has 0 aliphatic carbocycles. The number of carbonyl (C=O) groups is 2. The van der Waals surface area contributed by atoms with E-state index in [1.807, 2.05) is 0 Å². The SMILES string of the molecule is C[N+](C)(C)C.O=C([O-])c1cccc(C(=O)O)c1. The van der Waals surface area contributed by atoms with E-state index in [9.17, 15) is 14.7 Å². The fraction of sp³-hybridized carbons (Fsp3) is 0.333. The van der Waals surface area contributed by atoms with E-state index >= 15 is 0 Å². The van der Waals surface area contributed by atoms with Gasteiger partial charge in [-0.25, -0.2) is 4.79 Å². The van der Waals surface area contributed by atoms with Crippen LogP contribution in [0, 0.1) is 0 Å². The molecule has 0 saturated carbocycles. The zero-order valence-electron chi connectivity index (χ0n) is 10.4. The summed E-state index contributed by atoms with van der Waals surface area (Å²) in [5.74, 6) is -2.53. The van der Waals surface area contributed by atoms with Crippen LogP contribution >= 0.6 is 0 Å². The minimum atomic E-state index is -1.38. The van der Waals surface area contributed by atoms with Gasteiger partial charge in [0.15, 0.2) is 0 Å². The number of rotatable bonds is 2. The lowest BCUT2D eigenvalue weighted by atomic mass is 10.1. The average Bonchev–Trinajstić information content (AvgIpc) is 2.15. The van der Waals surface area contributed by atoms with Crippen molar-refractivity contribution < 1.29 is 24.3 Å².